The fraction of sp³-hybridized carbons (Fsp3) is 0.417. The number of unbranched alkanes of at least 4 members (excludes halogenated alkanes) is 1. The van der Waals surface area contributed by atoms with Gasteiger partial charge in [-0.25, -0.2) is 4.39 Å². The van der Waals surface area contributed by atoms with Crippen molar-refractivity contribution in [3.8, 4) is 0 Å². The lowest BCUT2D eigenvalue weighted by Gasteiger charge is -2.07. The van der Waals surface area contributed by atoms with Crippen LogP contribution in [0.4, 0.5) is 4.39 Å². The molecule has 1 aromatic rings. The zero-order valence-corrected chi connectivity index (χ0v) is 10.1. The Morgan fingerprint density at radius 1 is 1.50 bits per heavy atom. The number of nitrogens with two attached hydrogens (primary N) is 1. The molecule has 0 bridgehead atoms. The van der Waals surface area contributed by atoms with Gasteiger partial charge in [0, 0.05) is 17.7 Å². The molecule has 0 aliphatic carbocycles. The van der Waals surface area contributed by atoms with Gasteiger partial charge < -0.3 is 10.5 Å². The van der Waals surface area contributed by atoms with Crippen molar-refractivity contribution >= 4 is 17.2 Å². The van der Waals surface area contributed by atoms with Crippen LogP contribution >= 0.6 is 12.2 Å². The van der Waals surface area contributed by atoms with Gasteiger partial charge in [-0.1, -0.05) is 25.6 Å². The number of thiocarbonyl (C=S) groups is 1. The van der Waals surface area contributed by atoms with Crippen LogP contribution in [0.2, 0.25) is 0 Å². The van der Waals surface area contributed by atoms with E-state index in [1.54, 1.807) is 12.1 Å². The number of ether oxygens (including phenoxy) is 1. The smallest absolute Gasteiger partial charge is 0.128 e. The maximum Gasteiger partial charge on any atom is 0.128 e. The van der Waals surface area contributed by atoms with Crippen molar-refractivity contribution in [1.82, 2.24) is 0 Å². The SMILES string of the molecule is CCCCOCc1cc(C(N)=S)ccc1F. The molecular weight excluding hydrogens is 225 g/mol. The monoisotopic (exact) mass is 241 g/mol. The van der Waals surface area contributed by atoms with Crippen LogP contribution in [0.3, 0.4) is 0 Å². The minimum absolute atomic E-state index is 0.266. The molecule has 2 nitrogen and oxygen atoms in total. The predicted molar refractivity (Wildman–Crippen MR) is 66.9 cm³/mol. The molecule has 1 aromatic carbocycles. The van der Waals surface area contributed by atoms with E-state index >= 15 is 0 Å². The second kappa shape index (κ2) is 6.55. The van der Waals surface area contributed by atoms with E-state index in [2.05, 4.69) is 6.92 Å². The first-order chi connectivity index (χ1) is 7.65. The van der Waals surface area contributed by atoms with Crippen LogP contribution in [0.25, 0.3) is 0 Å². The molecule has 0 aliphatic heterocycles. The van der Waals surface area contributed by atoms with E-state index < -0.39 is 0 Å². The van der Waals surface area contributed by atoms with Gasteiger partial charge in [-0.3, -0.25) is 0 Å². The third-order valence-corrected chi connectivity index (χ3v) is 2.47. The van der Waals surface area contributed by atoms with E-state index in [9.17, 15) is 4.39 Å². The van der Waals surface area contributed by atoms with Crippen molar-refractivity contribution < 1.29 is 9.13 Å². The number of rotatable bonds is 6. The molecule has 0 saturated heterocycles. The lowest BCUT2D eigenvalue weighted by Crippen LogP contribution is -2.10. The van der Waals surface area contributed by atoms with Gasteiger partial charge in [0.05, 0.1) is 6.61 Å². The van der Waals surface area contributed by atoms with Gasteiger partial charge >= 0.3 is 0 Å². The Kier molecular flexibility index (Phi) is 5.35. The van der Waals surface area contributed by atoms with E-state index in [1.807, 2.05) is 0 Å². The first kappa shape index (κ1) is 13.1. The summed E-state index contributed by atoms with van der Waals surface area (Å²) in [7, 11) is 0. The Labute approximate surface area is 101 Å². The minimum atomic E-state index is -0.281. The Morgan fingerprint density at radius 3 is 2.88 bits per heavy atom. The molecule has 0 saturated carbocycles. The molecule has 1 rings (SSSR count). The topological polar surface area (TPSA) is 35.2 Å². The highest BCUT2D eigenvalue weighted by Crippen LogP contribution is 2.12. The summed E-state index contributed by atoms with van der Waals surface area (Å²) in [6.07, 6.45) is 2.05. The highest BCUT2D eigenvalue weighted by atomic mass is 32.1. The third-order valence-electron chi connectivity index (χ3n) is 2.23. The average Bonchev–Trinajstić information content (AvgIpc) is 2.26. The highest BCUT2D eigenvalue weighted by molar-refractivity contribution is 7.80. The summed E-state index contributed by atoms with van der Waals surface area (Å²) in [5, 5.41) is 0. The molecule has 16 heavy (non-hydrogen) atoms. The minimum Gasteiger partial charge on any atom is -0.389 e. The Bertz CT molecular complexity index is 368. The molecule has 0 amide bonds. The van der Waals surface area contributed by atoms with Crippen LogP contribution in [-0.2, 0) is 11.3 Å². The third kappa shape index (κ3) is 3.87. The van der Waals surface area contributed by atoms with Gasteiger partial charge in [0.1, 0.15) is 10.8 Å². The van der Waals surface area contributed by atoms with Gasteiger partial charge in [-0.15, -0.1) is 0 Å². The Balaban J connectivity index is 2.63. The van der Waals surface area contributed by atoms with E-state index in [4.69, 9.17) is 22.7 Å². The zero-order valence-electron chi connectivity index (χ0n) is 9.33. The van der Waals surface area contributed by atoms with Gasteiger partial charge in [-0.2, -0.15) is 0 Å². The molecule has 0 atom stereocenters. The Morgan fingerprint density at radius 2 is 2.25 bits per heavy atom. The van der Waals surface area contributed by atoms with Crippen LogP contribution in [0.15, 0.2) is 18.2 Å². The van der Waals surface area contributed by atoms with E-state index in [0.717, 1.165) is 12.8 Å². The van der Waals surface area contributed by atoms with Gasteiger partial charge in [0.15, 0.2) is 0 Å². The summed E-state index contributed by atoms with van der Waals surface area (Å²) >= 11 is 4.83. The van der Waals surface area contributed by atoms with E-state index in [0.29, 0.717) is 17.7 Å². The van der Waals surface area contributed by atoms with Crippen molar-refractivity contribution in [2.24, 2.45) is 5.73 Å². The summed E-state index contributed by atoms with van der Waals surface area (Å²) in [5.74, 6) is -0.281. The van der Waals surface area contributed by atoms with Crippen molar-refractivity contribution in [2.45, 2.75) is 26.4 Å². The summed E-state index contributed by atoms with van der Waals surface area (Å²) in [5.41, 5.74) is 6.65. The van der Waals surface area contributed by atoms with Crippen LogP contribution < -0.4 is 5.73 Å². The maximum absolute atomic E-state index is 13.4. The van der Waals surface area contributed by atoms with E-state index in [1.165, 1.54) is 6.07 Å². The van der Waals surface area contributed by atoms with Gasteiger partial charge in [0.2, 0.25) is 0 Å². The lowest BCUT2D eigenvalue weighted by atomic mass is 10.1. The molecule has 0 fully saturated rings. The fourth-order valence-corrected chi connectivity index (χ4v) is 1.39. The molecule has 0 aromatic heterocycles. The number of hydrogen-bond acceptors (Lipinski definition) is 2. The van der Waals surface area contributed by atoms with Crippen LogP contribution in [0.1, 0.15) is 30.9 Å². The largest absolute Gasteiger partial charge is 0.389 e. The number of hydrogen-bond donors (Lipinski definition) is 1. The fourth-order valence-electron chi connectivity index (χ4n) is 1.27. The second-order valence-electron chi connectivity index (χ2n) is 3.58. The van der Waals surface area contributed by atoms with Crippen molar-refractivity contribution in [2.75, 3.05) is 6.61 Å². The zero-order chi connectivity index (χ0) is 12.0. The normalized spacial score (nSPS) is 10.4. The van der Waals surface area contributed by atoms with Crippen molar-refractivity contribution in [1.29, 1.82) is 0 Å². The molecule has 88 valence electrons. The summed E-state index contributed by atoms with van der Waals surface area (Å²) in [4.78, 5) is 0.273. The van der Waals surface area contributed by atoms with E-state index in [-0.39, 0.29) is 17.4 Å². The number of benzene rings is 1. The number of halogens is 1. The second-order valence-corrected chi connectivity index (χ2v) is 4.02. The van der Waals surface area contributed by atoms with Crippen molar-refractivity contribution in [3.63, 3.8) is 0 Å². The molecule has 4 heteroatoms. The summed E-state index contributed by atoms with van der Waals surface area (Å²) < 4.78 is 18.7. The lowest BCUT2D eigenvalue weighted by molar-refractivity contribution is 0.115. The molecule has 0 heterocycles. The standard InChI is InChI=1S/C12H16FNOS/c1-2-3-6-15-8-10-7-9(12(14)16)4-5-11(10)13/h4-5,7H,2-3,6,8H2,1H3,(H2,14,16). The quantitative estimate of drug-likeness (QED) is 0.614. The van der Waals surface area contributed by atoms with Crippen LogP contribution in [-0.4, -0.2) is 11.6 Å². The highest BCUT2D eigenvalue weighted by Gasteiger charge is 2.05. The molecule has 0 spiro atoms. The first-order valence-electron chi connectivity index (χ1n) is 5.31. The molecule has 2 N–H and O–H groups in total. The Hall–Kier alpha value is -1.00. The first-order valence-corrected chi connectivity index (χ1v) is 5.72. The summed E-state index contributed by atoms with van der Waals surface area (Å²) in [6, 6.07) is 4.59. The predicted octanol–water partition coefficient (Wildman–Crippen LogP) is 2.78. The van der Waals surface area contributed by atoms with Crippen LogP contribution in [0.5, 0.6) is 0 Å². The molecule has 0 aliphatic rings. The average molecular weight is 241 g/mol. The van der Waals surface area contributed by atoms with Gasteiger partial charge in [0.25, 0.3) is 0 Å². The van der Waals surface area contributed by atoms with Gasteiger partial charge in [-0.05, 0) is 24.6 Å². The molecule has 0 radical (unpaired) electrons. The molecule has 0 unspecified atom stereocenters. The summed E-state index contributed by atoms with van der Waals surface area (Å²) in [6.45, 7) is 2.99. The maximum atomic E-state index is 13.4. The van der Waals surface area contributed by atoms with Crippen molar-refractivity contribution in [3.05, 3.63) is 35.1 Å². The molecular formula is C12H16FNOS. The van der Waals surface area contributed by atoms with Crippen LogP contribution in [0, 0.1) is 5.82 Å².